The highest BCUT2D eigenvalue weighted by Gasteiger charge is 2.39. The summed E-state index contributed by atoms with van der Waals surface area (Å²) in [6.45, 7) is 4.96. The van der Waals surface area contributed by atoms with Gasteiger partial charge < -0.3 is 9.88 Å². The van der Waals surface area contributed by atoms with Crippen LogP contribution >= 0.6 is 0 Å². The molecule has 0 aromatic carbocycles. The normalized spacial score (nSPS) is 24.8. The molecule has 0 aliphatic carbocycles. The first-order valence-electron chi connectivity index (χ1n) is 9.87. The molecule has 0 radical (unpaired) electrons. The molecular weight excluding hydrogens is 356 g/mol. The molecule has 2 fully saturated rings. The summed E-state index contributed by atoms with van der Waals surface area (Å²) in [7, 11) is 0. The number of nitrogens with one attached hydrogen (secondary N) is 3. The van der Waals surface area contributed by atoms with Crippen molar-refractivity contribution in [2.75, 3.05) is 6.54 Å². The van der Waals surface area contributed by atoms with Crippen LogP contribution in [0.3, 0.4) is 0 Å². The molecule has 3 atom stereocenters. The zero-order valence-corrected chi connectivity index (χ0v) is 16.2. The smallest absolute Gasteiger partial charge is 0.251 e. The average Bonchev–Trinajstić information content (AvgIpc) is 3.37. The number of pyridine rings is 1. The number of hydrogen-bond acceptors (Lipinski definition) is 6. The Morgan fingerprint density at radius 3 is 2.82 bits per heavy atom. The molecule has 2 aromatic rings. The van der Waals surface area contributed by atoms with Crippen LogP contribution in [0.1, 0.15) is 45.0 Å². The molecule has 8 nitrogen and oxygen atoms in total. The Kier molecular flexibility index (Phi) is 5.23. The molecule has 0 spiro atoms. The number of nitrogens with zero attached hydrogens (tertiary/aromatic N) is 3. The first-order valence-corrected chi connectivity index (χ1v) is 9.87. The molecule has 28 heavy (non-hydrogen) atoms. The third-order valence-electron chi connectivity index (χ3n) is 5.57. The summed E-state index contributed by atoms with van der Waals surface area (Å²) in [5.41, 5.74) is 7.31. The minimum absolute atomic E-state index is 0.0593. The summed E-state index contributed by atoms with van der Waals surface area (Å²) in [5.74, 6) is 1.04. The van der Waals surface area contributed by atoms with Crippen LogP contribution in [0.5, 0.6) is 0 Å². The monoisotopic (exact) mass is 382 g/mol. The van der Waals surface area contributed by atoms with E-state index in [4.69, 9.17) is 0 Å². The van der Waals surface area contributed by atoms with Gasteiger partial charge in [0.05, 0.1) is 17.4 Å². The summed E-state index contributed by atoms with van der Waals surface area (Å²) in [6.07, 6.45) is 4.11. The fourth-order valence-corrected chi connectivity index (χ4v) is 3.98. The number of H-pyrrole nitrogens is 1. The number of likely N-dealkylation sites (tertiary alicyclic amines) is 1. The van der Waals surface area contributed by atoms with E-state index in [0.29, 0.717) is 29.7 Å². The number of hydrazine groups is 1. The molecule has 2 saturated heterocycles. The van der Waals surface area contributed by atoms with Gasteiger partial charge in [0.2, 0.25) is 5.91 Å². The lowest BCUT2D eigenvalue weighted by Crippen LogP contribution is -2.46. The quantitative estimate of drug-likeness (QED) is 0.738. The molecule has 8 heteroatoms. The van der Waals surface area contributed by atoms with Crippen LogP contribution in [0.2, 0.25) is 0 Å². The molecule has 148 valence electrons. The van der Waals surface area contributed by atoms with Crippen LogP contribution in [0, 0.1) is 5.92 Å². The van der Waals surface area contributed by atoms with Crippen molar-refractivity contribution in [3.8, 4) is 11.4 Å². The van der Waals surface area contributed by atoms with Crippen LogP contribution in [0.4, 0.5) is 0 Å². The topological polar surface area (TPSA) is 103 Å². The standard InChI is InChI=1S/C20H26N6O2/c1-12(2)14-10-16(25-24-14)20(28)26-9-5-7-17(26)19-22-15(11-18(27)23-19)13-6-3-4-8-21-13/h3-4,6,8,11-12,14,16-17,24-25H,5,7,9-10H2,1-2H3,(H,22,23,27). The van der Waals surface area contributed by atoms with Crippen molar-refractivity contribution in [2.24, 2.45) is 5.92 Å². The number of carbonyl (C=O) groups excluding carboxylic acids is 1. The average molecular weight is 382 g/mol. The van der Waals surface area contributed by atoms with Crippen LogP contribution in [0.15, 0.2) is 35.3 Å². The summed E-state index contributed by atoms with van der Waals surface area (Å²) < 4.78 is 0. The van der Waals surface area contributed by atoms with Crippen molar-refractivity contribution < 1.29 is 4.79 Å². The molecule has 0 bridgehead atoms. The van der Waals surface area contributed by atoms with Gasteiger partial charge in [0.25, 0.3) is 5.56 Å². The van der Waals surface area contributed by atoms with E-state index < -0.39 is 0 Å². The number of aromatic amines is 1. The predicted octanol–water partition coefficient (Wildman–Crippen LogP) is 1.39. The van der Waals surface area contributed by atoms with Crippen LogP contribution in [-0.4, -0.2) is 44.4 Å². The van der Waals surface area contributed by atoms with Gasteiger partial charge in [0, 0.05) is 24.8 Å². The Morgan fingerprint density at radius 1 is 1.25 bits per heavy atom. The summed E-state index contributed by atoms with van der Waals surface area (Å²) in [6, 6.07) is 6.76. The second-order valence-electron chi connectivity index (χ2n) is 7.85. The number of aromatic nitrogens is 3. The molecule has 3 N–H and O–H groups in total. The second kappa shape index (κ2) is 7.81. The van der Waals surface area contributed by atoms with Gasteiger partial charge in [-0.15, -0.1) is 0 Å². The summed E-state index contributed by atoms with van der Waals surface area (Å²) in [5, 5.41) is 0. The highest BCUT2D eigenvalue weighted by molar-refractivity contribution is 5.83. The highest BCUT2D eigenvalue weighted by atomic mass is 16.2. The van der Waals surface area contributed by atoms with Crippen molar-refractivity contribution in [3.05, 3.63) is 46.6 Å². The molecule has 0 saturated carbocycles. The number of amides is 1. The maximum Gasteiger partial charge on any atom is 0.251 e. The first kappa shape index (κ1) is 18.8. The zero-order chi connectivity index (χ0) is 19.7. The minimum atomic E-state index is -0.251. The van der Waals surface area contributed by atoms with Crippen LogP contribution in [0.25, 0.3) is 11.4 Å². The summed E-state index contributed by atoms with van der Waals surface area (Å²) in [4.78, 5) is 39.0. The lowest BCUT2D eigenvalue weighted by Gasteiger charge is -2.26. The lowest BCUT2D eigenvalue weighted by molar-refractivity contribution is -0.134. The van der Waals surface area contributed by atoms with Gasteiger partial charge in [-0.05, 0) is 37.3 Å². The molecule has 1 amide bonds. The van der Waals surface area contributed by atoms with Gasteiger partial charge in [-0.1, -0.05) is 19.9 Å². The summed E-state index contributed by atoms with van der Waals surface area (Å²) >= 11 is 0. The van der Waals surface area contributed by atoms with Gasteiger partial charge >= 0.3 is 0 Å². The van der Waals surface area contributed by atoms with Gasteiger partial charge in [0.15, 0.2) is 0 Å². The van der Waals surface area contributed by atoms with E-state index in [1.165, 1.54) is 6.07 Å². The Balaban J connectivity index is 1.58. The maximum atomic E-state index is 13.1. The van der Waals surface area contributed by atoms with Crippen molar-refractivity contribution in [2.45, 2.75) is 51.2 Å². The minimum Gasteiger partial charge on any atom is -0.331 e. The Labute approximate surface area is 163 Å². The molecular formula is C20H26N6O2. The molecule has 3 unspecified atom stereocenters. The van der Waals surface area contributed by atoms with Crippen molar-refractivity contribution in [3.63, 3.8) is 0 Å². The van der Waals surface area contributed by atoms with Gasteiger partial charge in [-0.3, -0.25) is 20.0 Å². The zero-order valence-electron chi connectivity index (χ0n) is 16.2. The first-order chi connectivity index (χ1) is 13.5. The Hall–Kier alpha value is -2.58. The SMILES string of the molecule is CC(C)C1CC(C(=O)N2CCCC2c2nc(-c3ccccn3)cc(=O)[nH]2)NN1. The van der Waals surface area contributed by atoms with Gasteiger partial charge in [0.1, 0.15) is 11.9 Å². The molecule has 2 aliphatic heterocycles. The lowest BCUT2D eigenvalue weighted by atomic mass is 9.99. The third kappa shape index (κ3) is 3.70. The van der Waals surface area contributed by atoms with E-state index in [0.717, 1.165) is 19.3 Å². The predicted molar refractivity (Wildman–Crippen MR) is 105 cm³/mol. The fourth-order valence-electron chi connectivity index (χ4n) is 3.98. The third-order valence-corrected chi connectivity index (χ3v) is 5.57. The van der Waals surface area contributed by atoms with Crippen LogP contribution < -0.4 is 16.4 Å². The molecule has 4 heterocycles. The maximum absolute atomic E-state index is 13.1. The van der Waals surface area contributed by atoms with E-state index in [9.17, 15) is 9.59 Å². The van der Waals surface area contributed by atoms with Crippen molar-refractivity contribution >= 4 is 5.91 Å². The number of carbonyl (C=O) groups is 1. The Morgan fingerprint density at radius 2 is 2.11 bits per heavy atom. The van der Waals surface area contributed by atoms with E-state index in [1.54, 1.807) is 6.20 Å². The second-order valence-corrected chi connectivity index (χ2v) is 7.85. The van der Waals surface area contributed by atoms with Gasteiger partial charge in [-0.25, -0.2) is 10.4 Å². The van der Waals surface area contributed by atoms with E-state index in [2.05, 4.69) is 39.7 Å². The number of hydrogen-bond donors (Lipinski definition) is 3. The van der Waals surface area contributed by atoms with Gasteiger partial charge in [-0.2, -0.15) is 0 Å². The van der Waals surface area contributed by atoms with E-state index >= 15 is 0 Å². The largest absolute Gasteiger partial charge is 0.331 e. The molecule has 4 rings (SSSR count). The molecule has 2 aromatic heterocycles. The fraction of sp³-hybridized carbons (Fsp3) is 0.500. The Bertz CT molecular complexity index is 897. The highest BCUT2D eigenvalue weighted by Crippen LogP contribution is 2.31. The number of rotatable bonds is 4. The molecule has 2 aliphatic rings. The van der Waals surface area contributed by atoms with Crippen LogP contribution in [-0.2, 0) is 4.79 Å². The van der Waals surface area contributed by atoms with Crippen molar-refractivity contribution in [1.82, 2.24) is 30.7 Å². The van der Waals surface area contributed by atoms with Crippen molar-refractivity contribution in [1.29, 1.82) is 0 Å². The van der Waals surface area contributed by atoms with E-state index in [-0.39, 0.29) is 29.6 Å². The van der Waals surface area contributed by atoms with E-state index in [1.807, 2.05) is 23.1 Å².